The van der Waals surface area contributed by atoms with Crippen LogP contribution < -0.4 is 5.32 Å². The first-order chi connectivity index (χ1) is 7.91. The highest BCUT2D eigenvalue weighted by Gasteiger charge is 2.34. The van der Waals surface area contributed by atoms with E-state index in [1.807, 2.05) is 25.9 Å². The summed E-state index contributed by atoms with van der Waals surface area (Å²) in [6.07, 6.45) is 1.30. The Balaban J connectivity index is 2.49. The van der Waals surface area contributed by atoms with E-state index in [0.717, 1.165) is 13.0 Å². The number of hydrogen-bond acceptors (Lipinski definition) is 3. The van der Waals surface area contributed by atoms with Gasteiger partial charge in [-0.05, 0) is 33.9 Å². The van der Waals surface area contributed by atoms with Crippen molar-refractivity contribution < 1.29 is 14.7 Å². The van der Waals surface area contributed by atoms with Gasteiger partial charge in [0.1, 0.15) is 6.04 Å². The zero-order valence-corrected chi connectivity index (χ0v) is 10.6. The Morgan fingerprint density at radius 3 is 2.71 bits per heavy atom. The first-order valence-electron chi connectivity index (χ1n) is 5.86. The molecular formula is C11H21N3O3. The second-order valence-electron chi connectivity index (χ2n) is 4.80. The van der Waals surface area contributed by atoms with E-state index in [-0.39, 0.29) is 12.1 Å². The van der Waals surface area contributed by atoms with Gasteiger partial charge in [-0.15, -0.1) is 0 Å². The lowest BCUT2D eigenvalue weighted by Crippen LogP contribution is -2.50. The maximum atomic E-state index is 11.9. The van der Waals surface area contributed by atoms with Crippen molar-refractivity contribution >= 4 is 12.0 Å². The Morgan fingerprint density at radius 1 is 1.53 bits per heavy atom. The monoisotopic (exact) mass is 243 g/mol. The van der Waals surface area contributed by atoms with E-state index in [4.69, 9.17) is 5.11 Å². The molecule has 1 aliphatic rings. The largest absolute Gasteiger partial charge is 0.480 e. The molecule has 1 fully saturated rings. The van der Waals surface area contributed by atoms with Crippen LogP contribution in [0, 0.1) is 0 Å². The summed E-state index contributed by atoms with van der Waals surface area (Å²) in [5.74, 6) is -0.919. The molecule has 6 nitrogen and oxygen atoms in total. The molecule has 6 heteroatoms. The Hall–Kier alpha value is -1.30. The molecule has 98 valence electrons. The maximum absolute atomic E-state index is 11.9. The minimum atomic E-state index is -0.919. The van der Waals surface area contributed by atoms with Crippen LogP contribution in [0.1, 0.15) is 19.8 Å². The SMILES string of the molecule is CC(CN(C)C)NC(=O)N1CCC[C@@H]1C(=O)O. The highest BCUT2D eigenvalue weighted by Crippen LogP contribution is 2.17. The van der Waals surface area contributed by atoms with Crippen molar-refractivity contribution in [1.29, 1.82) is 0 Å². The van der Waals surface area contributed by atoms with Crippen LogP contribution >= 0.6 is 0 Å². The Labute approximate surface area is 102 Å². The zero-order valence-electron chi connectivity index (χ0n) is 10.6. The molecule has 1 aliphatic heterocycles. The number of carbonyl (C=O) groups is 2. The van der Waals surface area contributed by atoms with Gasteiger partial charge in [0.05, 0.1) is 0 Å². The summed E-state index contributed by atoms with van der Waals surface area (Å²) < 4.78 is 0. The molecule has 2 amide bonds. The van der Waals surface area contributed by atoms with E-state index in [1.165, 1.54) is 4.90 Å². The van der Waals surface area contributed by atoms with Crippen LogP contribution in [-0.4, -0.2) is 66.2 Å². The van der Waals surface area contributed by atoms with Gasteiger partial charge in [-0.1, -0.05) is 0 Å². The Bertz CT molecular complexity index is 294. The molecule has 0 aromatic carbocycles. The van der Waals surface area contributed by atoms with E-state index in [0.29, 0.717) is 13.0 Å². The second kappa shape index (κ2) is 5.86. The van der Waals surface area contributed by atoms with Gasteiger partial charge in [0.25, 0.3) is 0 Å². The van der Waals surface area contributed by atoms with Gasteiger partial charge in [0.15, 0.2) is 0 Å². The van der Waals surface area contributed by atoms with Gasteiger partial charge in [-0.2, -0.15) is 0 Å². The number of likely N-dealkylation sites (tertiary alicyclic amines) is 1. The van der Waals surface area contributed by atoms with Gasteiger partial charge in [-0.25, -0.2) is 9.59 Å². The molecule has 1 saturated heterocycles. The topological polar surface area (TPSA) is 72.9 Å². The van der Waals surface area contributed by atoms with Crippen molar-refractivity contribution in [3.63, 3.8) is 0 Å². The van der Waals surface area contributed by atoms with Crippen molar-refractivity contribution in [2.75, 3.05) is 27.2 Å². The fraction of sp³-hybridized carbons (Fsp3) is 0.818. The van der Waals surface area contributed by atoms with E-state index in [1.54, 1.807) is 0 Å². The summed E-state index contributed by atoms with van der Waals surface area (Å²) in [4.78, 5) is 26.2. The predicted octanol–water partition coefficient (Wildman–Crippen LogP) is 0.195. The van der Waals surface area contributed by atoms with Gasteiger partial charge >= 0.3 is 12.0 Å². The maximum Gasteiger partial charge on any atom is 0.326 e. The fourth-order valence-electron chi connectivity index (χ4n) is 2.15. The molecule has 0 aromatic heterocycles. The van der Waals surface area contributed by atoms with Gasteiger partial charge in [0, 0.05) is 19.1 Å². The quantitative estimate of drug-likeness (QED) is 0.739. The minimum Gasteiger partial charge on any atom is -0.480 e. The van der Waals surface area contributed by atoms with E-state index < -0.39 is 12.0 Å². The summed E-state index contributed by atoms with van der Waals surface area (Å²) >= 11 is 0. The van der Waals surface area contributed by atoms with Gasteiger partial charge in [0.2, 0.25) is 0 Å². The van der Waals surface area contributed by atoms with Crippen molar-refractivity contribution in [3.8, 4) is 0 Å². The number of carboxylic acids is 1. The molecule has 1 heterocycles. The van der Waals surface area contributed by atoms with Crippen molar-refractivity contribution in [3.05, 3.63) is 0 Å². The van der Waals surface area contributed by atoms with Crippen LogP contribution in [0.25, 0.3) is 0 Å². The fourth-order valence-corrected chi connectivity index (χ4v) is 2.15. The molecule has 0 aromatic rings. The number of carbonyl (C=O) groups excluding carboxylic acids is 1. The number of carboxylic acid groups (broad SMARTS) is 1. The van der Waals surface area contributed by atoms with Crippen LogP contribution in [-0.2, 0) is 4.79 Å². The molecule has 0 spiro atoms. The second-order valence-corrected chi connectivity index (χ2v) is 4.80. The predicted molar refractivity (Wildman–Crippen MR) is 63.9 cm³/mol. The third-order valence-corrected chi connectivity index (χ3v) is 2.81. The van der Waals surface area contributed by atoms with Crippen molar-refractivity contribution in [2.45, 2.75) is 31.8 Å². The number of likely N-dealkylation sites (N-methyl/N-ethyl adjacent to an activating group) is 1. The molecule has 1 rings (SSSR count). The summed E-state index contributed by atoms with van der Waals surface area (Å²) in [6, 6.07) is -0.932. The van der Waals surface area contributed by atoms with Crippen LogP contribution in [0.2, 0.25) is 0 Å². The molecule has 17 heavy (non-hydrogen) atoms. The smallest absolute Gasteiger partial charge is 0.326 e. The molecular weight excluding hydrogens is 222 g/mol. The first-order valence-corrected chi connectivity index (χ1v) is 5.86. The van der Waals surface area contributed by atoms with Crippen LogP contribution in [0.15, 0.2) is 0 Å². The molecule has 0 aliphatic carbocycles. The molecule has 2 atom stereocenters. The summed E-state index contributed by atoms with van der Waals surface area (Å²) in [7, 11) is 3.86. The van der Waals surface area contributed by atoms with E-state index in [9.17, 15) is 9.59 Å². The third-order valence-electron chi connectivity index (χ3n) is 2.81. The minimum absolute atomic E-state index is 0.00699. The highest BCUT2D eigenvalue weighted by molar-refractivity contribution is 5.83. The number of hydrogen-bond donors (Lipinski definition) is 2. The first kappa shape index (κ1) is 13.8. The number of aliphatic carboxylic acids is 1. The van der Waals surface area contributed by atoms with Crippen LogP contribution in [0.4, 0.5) is 4.79 Å². The number of nitrogens with zero attached hydrogens (tertiary/aromatic N) is 2. The highest BCUT2D eigenvalue weighted by atomic mass is 16.4. The average Bonchev–Trinajstić information content (AvgIpc) is 2.63. The number of nitrogens with one attached hydrogen (secondary N) is 1. The number of urea groups is 1. The molecule has 2 N–H and O–H groups in total. The van der Waals surface area contributed by atoms with Crippen molar-refractivity contribution in [2.24, 2.45) is 0 Å². The molecule has 0 bridgehead atoms. The Morgan fingerprint density at radius 2 is 2.18 bits per heavy atom. The van der Waals surface area contributed by atoms with E-state index in [2.05, 4.69) is 5.32 Å². The standard InChI is InChI=1S/C11H21N3O3/c1-8(7-13(2)3)12-11(17)14-6-4-5-9(14)10(15)16/h8-9H,4-7H2,1-3H3,(H,12,17)(H,15,16)/t8?,9-/m1/s1. The lowest BCUT2D eigenvalue weighted by molar-refractivity contribution is -0.141. The Kier molecular flexibility index (Phi) is 4.74. The lowest BCUT2D eigenvalue weighted by Gasteiger charge is -2.25. The van der Waals surface area contributed by atoms with Gasteiger partial charge < -0.3 is 20.2 Å². The molecule has 0 saturated carbocycles. The summed E-state index contributed by atoms with van der Waals surface area (Å²) in [6.45, 7) is 3.17. The van der Waals surface area contributed by atoms with Crippen molar-refractivity contribution in [1.82, 2.24) is 15.1 Å². The average molecular weight is 243 g/mol. The number of amides is 2. The van der Waals surface area contributed by atoms with Gasteiger partial charge in [-0.3, -0.25) is 0 Å². The third kappa shape index (κ3) is 3.89. The zero-order chi connectivity index (χ0) is 13.0. The van der Waals surface area contributed by atoms with E-state index >= 15 is 0 Å². The lowest BCUT2D eigenvalue weighted by atomic mass is 10.2. The summed E-state index contributed by atoms with van der Waals surface area (Å²) in [5.41, 5.74) is 0. The number of rotatable bonds is 4. The van der Waals surface area contributed by atoms with Crippen LogP contribution in [0.5, 0.6) is 0 Å². The summed E-state index contributed by atoms with van der Waals surface area (Å²) in [5, 5.41) is 11.8. The normalized spacial score (nSPS) is 21.6. The van der Waals surface area contributed by atoms with Crippen LogP contribution in [0.3, 0.4) is 0 Å². The molecule has 0 radical (unpaired) electrons. The molecule has 1 unspecified atom stereocenters.